The largest absolute Gasteiger partial charge is 0.497 e. The zero-order valence-electron chi connectivity index (χ0n) is 20.9. The number of ether oxygens (including phenoxy) is 3. The van der Waals surface area contributed by atoms with Crippen LogP contribution in [0.25, 0.3) is 0 Å². The summed E-state index contributed by atoms with van der Waals surface area (Å²) in [7, 11) is 4.92. The van der Waals surface area contributed by atoms with Crippen molar-refractivity contribution >= 4 is 11.6 Å². The van der Waals surface area contributed by atoms with Gasteiger partial charge in [0.25, 0.3) is 5.91 Å². The average molecular weight is 478 g/mol. The quantitative estimate of drug-likeness (QED) is 0.459. The highest BCUT2D eigenvalue weighted by Crippen LogP contribution is 2.39. The lowest BCUT2D eigenvalue weighted by atomic mass is 9.97. The first kappa shape index (κ1) is 24.8. The summed E-state index contributed by atoms with van der Waals surface area (Å²) in [6.45, 7) is 4.90. The molecule has 1 amide bonds. The van der Waals surface area contributed by atoms with Crippen LogP contribution in [0, 0.1) is 0 Å². The van der Waals surface area contributed by atoms with Crippen LogP contribution in [-0.4, -0.2) is 62.0 Å². The Kier molecular flexibility index (Phi) is 8.08. The van der Waals surface area contributed by atoms with Gasteiger partial charge < -0.3 is 14.2 Å². The van der Waals surface area contributed by atoms with Gasteiger partial charge in [0, 0.05) is 24.6 Å². The standard InChI is InChI=1S/C28H35N3O4/c1-5-16-30(21-8-6-7-9-21)19-28(32)31-26(24-17-23(34-3)14-15-27(24)35-4)18-25(29-31)20-10-12-22(33-2)13-11-20/h5,10-15,17,21,26H,1,6-9,16,18-19H2,2-4H3. The third-order valence-corrected chi connectivity index (χ3v) is 6.93. The lowest BCUT2D eigenvalue weighted by Gasteiger charge is -2.30. The van der Waals surface area contributed by atoms with Crippen molar-refractivity contribution in [1.29, 1.82) is 0 Å². The Balaban J connectivity index is 1.67. The minimum Gasteiger partial charge on any atom is -0.497 e. The topological polar surface area (TPSA) is 63.6 Å². The smallest absolute Gasteiger partial charge is 0.257 e. The number of nitrogens with zero attached hydrogens (tertiary/aromatic N) is 3. The first-order chi connectivity index (χ1) is 17.1. The molecule has 2 aliphatic rings. The first-order valence-electron chi connectivity index (χ1n) is 12.2. The van der Waals surface area contributed by atoms with Gasteiger partial charge in [0.15, 0.2) is 0 Å². The zero-order chi connectivity index (χ0) is 24.8. The van der Waals surface area contributed by atoms with Crippen molar-refractivity contribution in [3.8, 4) is 17.2 Å². The Morgan fingerprint density at radius 3 is 2.37 bits per heavy atom. The highest BCUT2D eigenvalue weighted by atomic mass is 16.5. The molecule has 1 heterocycles. The summed E-state index contributed by atoms with van der Waals surface area (Å²) in [5, 5.41) is 6.49. The van der Waals surface area contributed by atoms with Gasteiger partial charge in [-0.2, -0.15) is 5.10 Å². The van der Waals surface area contributed by atoms with E-state index in [9.17, 15) is 4.79 Å². The van der Waals surface area contributed by atoms with E-state index in [4.69, 9.17) is 19.3 Å². The van der Waals surface area contributed by atoms with Crippen LogP contribution in [-0.2, 0) is 4.79 Å². The average Bonchev–Trinajstić information content (AvgIpc) is 3.59. The number of hydrogen-bond acceptors (Lipinski definition) is 6. The number of benzene rings is 2. The fourth-order valence-corrected chi connectivity index (χ4v) is 5.06. The molecular formula is C28H35N3O4. The van der Waals surface area contributed by atoms with Gasteiger partial charge >= 0.3 is 0 Å². The second kappa shape index (κ2) is 11.4. The van der Waals surface area contributed by atoms with Crippen molar-refractivity contribution in [2.45, 2.75) is 44.2 Å². The minimum absolute atomic E-state index is 0.0304. The van der Waals surface area contributed by atoms with Crippen molar-refractivity contribution in [3.05, 3.63) is 66.2 Å². The lowest BCUT2D eigenvalue weighted by Crippen LogP contribution is -2.42. The number of hydrazone groups is 1. The molecule has 1 atom stereocenters. The van der Waals surface area contributed by atoms with Crippen LogP contribution in [0.2, 0.25) is 0 Å². The normalized spacial score (nSPS) is 18.0. The molecule has 1 aliphatic heterocycles. The molecule has 2 aromatic carbocycles. The zero-order valence-corrected chi connectivity index (χ0v) is 20.9. The Labute approximate surface area is 208 Å². The van der Waals surface area contributed by atoms with E-state index >= 15 is 0 Å². The second-order valence-electron chi connectivity index (χ2n) is 9.00. The van der Waals surface area contributed by atoms with E-state index in [0.29, 0.717) is 37.1 Å². The molecule has 186 valence electrons. The Bertz CT molecular complexity index is 1060. The van der Waals surface area contributed by atoms with Crippen molar-refractivity contribution < 1.29 is 19.0 Å². The van der Waals surface area contributed by atoms with Gasteiger partial charge in [-0.05, 0) is 60.9 Å². The number of carbonyl (C=O) groups is 1. The molecule has 1 saturated carbocycles. The Morgan fingerprint density at radius 1 is 1.06 bits per heavy atom. The van der Waals surface area contributed by atoms with E-state index < -0.39 is 0 Å². The third-order valence-electron chi connectivity index (χ3n) is 6.93. The summed E-state index contributed by atoms with van der Waals surface area (Å²) >= 11 is 0. The Morgan fingerprint density at radius 2 is 1.74 bits per heavy atom. The van der Waals surface area contributed by atoms with Gasteiger partial charge in [-0.25, -0.2) is 5.01 Å². The summed E-state index contributed by atoms with van der Waals surface area (Å²) in [5.41, 5.74) is 2.70. The number of amides is 1. The van der Waals surface area contributed by atoms with Crippen LogP contribution in [0.1, 0.15) is 49.3 Å². The molecule has 0 bridgehead atoms. The minimum atomic E-state index is -0.293. The van der Waals surface area contributed by atoms with E-state index in [2.05, 4.69) is 11.5 Å². The van der Waals surface area contributed by atoms with E-state index in [1.54, 1.807) is 26.3 Å². The molecule has 0 N–H and O–H groups in total. The Hall–Kier alpha value is -3.32. The van der Waals surface area contributed by atoms with Crippen molar-refractivity contribution in [3.63, 3.8) is 0 Å². The van der Waals surface area contributed by atoms with Crippen molar-refractivity contribution in [2.24, 2.45) is 5.10 Å². The molecule has 1 fully saturated rings. The van der Waals surface area contributed by atoms with E-state index in [0.717, 1.165) is 35.4 Å². The second-order valence-corrected chi connectivity index (χ2v) is 9.00. The SMILES string of the molecule is C=CCN(CC(=O)N1N=C(c2ccc(OC)cc2)CC1c1cc(OC)ccc1OC)C1CCCC1. The van der Waals surface area contributed by atoms with E-state index in [1.165, 1.54) is 12.8 Å². The highest BCUT2D eigenvalue weighted by molar-refractivity contribution is 6.03. The molecule has 0 aromatic heterocycles. The van der Waals surface area contributed by atoms with Gasteiger partial charge in [0.2, 0.25) is 0 Å². The van der Waals surface area contributed by atoms with E-state index in [-0.39, 0.29) is 11.9 Å². The van der Waals surface area contributed by atoms with Gasteiger partial charge in [-0.1, -0.05) is 18.9 Å². The molecule has 35 heavy (non-hydrogen) atoms. The molecule has 4 rings (SSSR count). The van der Waals surface area contributed by atoms with Gasteiger partial charge in [0.05, 0.1) is 39.6 Å². The predicted octanol–water partition coefficient (Wildman–Crippen LogP) is 4.82. The maximum atomic E-state index is 13.8. The highest BCUT2D eigenvalue weighted by Gasteiger charge is 2.36. The van der Waals surface area contributed by atoms with Crippen molar-refractivity contribution in [2.75, 3.05) is 34.4 Å². The van der Waals surface area contributed by atoms with Crippen LogP contribution in [0.4, 0.5) is 0 Å². The first-order valence-corrected chi connectivity index (χ1v) is 12.2. The van der Waals surface area contributed by atoms with Crippen LogP contribution in [0.15, 0.2) is 60.2 Å². The van der Waals surface area contributed by atoms with Crippen LogP contribution in [0.3, 0.4) is 0 Å². The summed E-state index contributed by atoms with van der Waals surface area (Å²) in [6, 6.07) is 13.6. The van der Waals surface area contributed by atoms with Crippen LogP contribution in [0.5, 0.6) is 17.2 Å². The molecule has 0 saturated heterocycles. The predicted molar refractivity (Wildman–Crippen MR) is 137 cm³/mol. The maximum absolute atomic E-state index is 13.8. The van der Waals surface area contributed by atoms with Crippen LogP contribution < -0.4 is 14.2 Å². The molecule has 0 radical (unpaired) electrons. The summed E-state index contributed by atoms with van der Waals surface area (Å²) in [5.74, 6) is 2.17. The number of methoxy groups -OCH3 is 3. The number of carbonyl (C=O) groups excluding carboxylic acids is 1. The maximum Gasteiger partial charge on any atom is 0.257 e. The van der Waals surface area contributed by atoms with Crippen LogP contribution >= 0.6 is 0 Å². The summed E-state index contributed by atoms with van der Waals surface area (Å²) < 4.78 is 16.5. The van der Waals surface area contributed by atoms with Gasteiger partial charge in [-0.15, -0.1) is 6.58 Å². The lowest BCUT2D eigenvalue weighted by molar-refractivity contribution is -0.134. The fourth-order valence-electron chi connectivity index (χ4n) is 5.06. The van der Waals surface area contributed by atoms with Gasteiger partial charge in [0.1, 0.15) is 17.2 Å². The number of rotatable bonds is 10. The number of hydrogen-bond donors (Lipinski definition) is 0. The van der Waals surface area contributed by atoms with Gasteiger partial charge in [-0.3, -0.25) is 9.69 Å². The molecule has 7 nitrogen and oxygen atoms in total. The third kappa shape index (κ3) is 5.51. The molecule has 0 spiro atoms. The molecule has 7 heteroatoms. The molecule has 1 unspecified atom stereocenters. The van der Waals surface area contributed by atoms with E-state index in [1.807, 2.05) is 48.5 Å². The summed E-state index contributed by atoms with van der Waals surface area (Å²) in [6.07, 6.45) is 7.11. The molecular weight excluding hydrogens is 442 g/mol. The molecule has 2 aromatic rings. The summed E-state index contributed by atoms with van der Waals surface area (Å²) in [4.78, 5) is 16.0. The van der Waals surface area contributed by atoms with Crippen molar-refractivity contribution in [1.82, 2.24) is 9.91 Å². The molecule has 1 aliphatic carbocycles. The fraction of sp³-hybridized carbons (Fsp3) is 0.429. The monoisotopic (exact) mass is 477 g/mol.